The van der Waals surface area contributed by atoms with Crippen LogP contribution in [0.3, 0.4) is 0 Å². The number of piperidine rings is 1. The molecule has 1 aliphatic rings. The van der Waals surface area contributed by atoms with Crippen LogP contribution in [0.1, 0.15) is 18.4 Å². The predicted molar refractivity (Wildman–Crippen MR) is 96.9 cm³/mol. The van der Waals surface area contributed by atoms with Gasteiger partial charge in [-0.05, 0) is 55.8 Å². The van der Waals surface area contributed by atoms with Crippen LogP contribution >= 0.6 is 0 Å². The van der Waals surface area contributed by atoms with E-state index in [-0.39, 0.29) is 0 Å². The summed E-state index contributed by atoms with van der Waals surface area (Å²) in [6.45, 7) is 2.92. The highest BCUT2D eigenvalue weighted by Crippen LogP contribution is 2.19. The highest BCUT2D eigenvalue weighted by atomic mass is 16.5. The van der Waals surface area contributed by atoms with Crippen LogP contribution in [0.15, 0.2) is 60.7 Å². The molecule has 0 unspecified atom stereocenters. The number of hydrogen-bond donors (Lipinski definition) is 2. The molecule has 0 bridgehead atoms. The Morgan fingerprint density at radius 3 is 2.48 bits per heavy atom. The lowest BCUT2D eigenvalue weighted by Gasteiger charge is -2.23. The number of ether oxygens (including phenoxy) is 1. The Hall–Kier alpha value is -2.26. The van der Waals surface area contributed by atoms with E-state index in [1.54, 1.807) is 0 Å². The Bertz CT molecular complexity index is 601. The van der Waals surface area contributed by atoms with Crippen molar-refractivity contribution in [3.8, 4) is 5.75 Å². The third-order valence-electron chi connectivity index (χ3n) is 3.98. The molecule has 2 aromatic rings. The minimum atomic E-state index is 0.351. The zero-order chi connectivity index (χ0) is 15.7. The first-order chi connectivity index (χ1) is 11.4. The molecule has 0 aliphatic carbocycles. The molecule has 23 heavy (non-hydrogen) atoms. The van der Waals surface area contributed by atoms with Crippen LogP contribution < -0.4 is 15.4 Å². The predicted octanol–water partition coefficient (Wildman–Crippen LogP) is 3.94. The van der Waals surface area contributed by atoms with E-state index in [2.05, 4.69) is 47.1 Å². The van der Waals surface area contributed by atoms with E-state index in [0.29, 0.717) is 6.10 Å². The second kappa shape index (κ2) is 8.39. The van der Waals surface area contributed by atoms with E-state index < -0.39 is 0 Å². The maximum absolute atomic E-state index is 6.01. The fourth-order valence-electron chi connectivity index (χ4n) is 2.69. The summed E-state index contributed by atoms with van der Waals surface area (Å²) in [5, 5.41) is 6.75. The number of nitrogens with one attached hydrogen (secondary N) is 2. The molecule has 2 aromatic carbocycles. The number of rotatable bonds is 6. The third kappa shape index (κ3) is 5.15. The number of benzene rings is 2. The molecular formula is C20H24N2O. The van der Waals surface area contributed by atoms with Crippen molar-refractivity contribution in [2.24, 2.45) is 0 Å². The standard InChI is InChI=1S/C20H24N2O/c1-2-5-17(6-3-1)7-4-14-22-18-8-10-19(11-9-18)23-20-12-15-21-16-13-20/h1-11,20-22H,12-16H2/b7-4+. The summed E-state index contributed by atoms with van der Waals surface area (Å²) in [5.74, 6) is 0.960. The van der Waals surface area contributed by atoms with Crippen molar-refractivity contribution in [2.45, 2.75) is 18.9 Å². The van der Waals surface area contributed by atoms with Crippen LogP contribution in [0.4, 0.5) is 5.69 Å². The van der Waals surface area contributed by atoms with Gasteiger partial charge in [-0.25, -0.2) is 0 Å². The van der Waals surface area contributed by atoms with E-state index in [1.165, 1.54) is 5.56 Å². The number of hydrogen-bond acceptors (Lipinski definition) is 3. The quantitative estimate of drug-likeness (QED) is 0.848. The minimum Gasteiger partial charge on any atom is -0.490 e. The van der Waals surface area contributed by atoms with Gasteiger partial charge in [-0.1, -0.05) is 42.5 Å². The summed E-state index contributed by atoms with van der Waals surface area (Å²) in [6, 6.07) is 18.6. The molecule has 1 fully saturated rings. The molecule has 3 rings (SSSR count). The summed E-state index contributed by atoms with van der Waals surface area (Å²) in [6.07, 6.45) is 6.79. The maximum Gasteiger partial charge on any atom is 0.119 e. The molecule has 1 heterocycles. The average molecular weight is 308 g/mol. The van der Waals surface area contributed by atoms with Gasteiger partial charge in [0, 0.05) is 12.2 Å². The van der Waals surface area contributed by atoms with Crippen molar-refractivity contribution < 1.29 is 4.74 Å². The molecule has 1 aliphatic heterocycles. The molecule has 0 aromatic heterocycles. The van der Waals surface area contributed by atoms with Crippen LogP contribution in [0.5, 0.6) is 5.75 Å². The lowest BCUT2D eigenvalue weighted by Crippen LogP contribution is -2.34. The van der Waals surface area contributed by atoms with Crippen molar-refractivity contribution in [3.63, 3.8) is 0 Å². The first kappa shape index (κ1) is 15.6. The molecule has 0 amide bonds. The Kier molecular flexibility index (Phi) is 5.70. The van der Waals surface area contributed by atoms with Crippen molar-refractivity contribution in [1.29, 1.82) is 0 Å². The second-order valence-electron chi connectivity index (χ2n) is 5.79. The van der Waals surface area contributed by atoms with Gasteiger partial charge >= 0.3 is 0 Å². The molecule has 2 N–H and O–H groups in total. The Labute approximate surface area is 138 Å². The summed E-state index contributed by atoms with van der Waals surface area (Å²) in [7, 11) is 0. The average Bonchev–Trinajstić information content (AvgIpc) is 2.62. The van der Waals surface area contributed by atoms with Crippen LogP contribution in [0, 0.1) is 0 Å². The topological polar surface area (TPSA) is 33.3 Å². The first-order valence-corrected chi connectivity index (χ1v) is 8.33. The molecule has 1 saturated heterocycles. The Balaban J connectivity index is 1.45. The molecule has 0 saturated carbocycles. The summed E-state index contributed by atoms with van der Waals surface area (Å²) >= 11 is 0. The van der Waals surface area contributed by atoms with Gasteiger partial charge in [0.15, 0.2) is 0 Å². The van der Waals surface area contributed by atoms with Gasteiger partial charge in [0.05, 0.1) is 0 Å². The van der Waals surface area contributed by atoms with Gasteiger partial charge in [0.25, 0.3) is 0 Å². The van der Waals surface area contributed by atoms with Crippen LogP contribution in [-0.4, -0.2) is 25.7 Å². The van der Waals surface area contributed by atoms with E-state index in [4.69, 9.17) is 4.74 Å². The van der Waals surface area contributed by atoms with E-state index >= 15 is 0 Å². The number of anilines is 1. The fraction of sp³-hybridized carbons (Fsp3) is 0.300. The van der Waals surface area contributed by atoms with Crippen LogP contribution in [0.25, 0.3) is 6.08 Å². The van der Waals surface area contributed by atoms with E-state index in [1.807, 2.05) is 30.3 Å². The van der Waals surface area contributed by atoms with Gasteiger partial charge in [0.1, 0.15) is 11.9 Å². The van der Waals surface area contributed by atoms with Gasteiger partial charge in [-0.2, -0.15) is 0 Å². The lowest BCUT2D eigenvalue weighted by atomic mass is 10.1. The highest BCUT2D eigenvalue weighted by Gasteiger charge is 2.13. The molecule has 120 valence electrons. The molecule has 0 radical (unpaired) electrons. The lowest BCUT2D eigenvalue weighted by molar-refractivity contribution is 0.162. The Morgan fingerprint density at radius 2 is 1.74 bits per heavy atom. The SMILES string of the molecule is C(=C\c1ccccc1)/CNc1ccc(OC2CCNCC2)cc1. The van der Waals surface area contributed by atoms with Crippen molar-refractivity contribution in [3.05, 3.63) is 66.2 Å². The van der Waals surface area contributed by atoms with Gasteiger partial charge in [-0.3, -0.25) is 0 Å². The monoisotopic (exact) mass is 308 g/mol. The van der Waals surface area contributed by atoms with Crippen molar-refractivity contribution in [2.75, 3.05) is 25.0 Å². The zero-order valence-electron chi connectivity index (χ0n) is 13.4. The molecular weight excluding hydrogens is 284 g/mol. The van der Waals surface area contributed by atoms with Crippen LogP contribution in [0.2, 0.25) is 0 Å². The van der Waals surface area contributed by atoms with Gasteiger partial charge in [-0.15, -0.1) is 0 Å². The van der Waals surface area contributed by atoms with E-state index in [9.17, 15) is 0 Å². The fourth-order valence-corrected chi connectivity index (χ4v) is 2.69. The normalized spacial score (nSPS) is 15.7. The maximum atomic E-state index is 6.01. The second-order valence-corrected chi connectivity index (χ2v) is 5.79. The largest absolute Gasteiger partial charge is 0.490 e. The highest BCUT2D eigenvalue weighted by molar-refractivity contribution is 5.51. The summed E-state index contributed by atoms with van der Waals surface area (Å²) in [5.41, 5.74) is 2.33. The first-order valence-electron chi connectivity index (χ1n) is 8.33. The minimum absolute atomic E-state index is 0.351. The molecule has 0 atom stereocenters. The zero-order valence-corrected chi connectivity index (χ0v) is 13.4. The Morgan fingerprint density at radius 1 is 1.00 bits per heavy atom. The van der Waals surface area contributed by atoms with Crippen molar-refractivity contribution >= 4 is 11.8 Å². The van der Waals surface area contributed by atoms with Gasteiger partial charge in [0.2, 0.25) is 0 Å². The summed E-state index contributed by atoms with van der Waals surface area (Å²) in [4.78, 5) is 0. The van der Waals surface area contributed by atoms with Crippen LogP contribution in [-0.2, 0) is 0 Å². The third-order valence-corrected chi connectivity index (χ3v) is 3.98. The summed E-state index contributed by atoms with van der Waals surface area (Å²) < 4.78 is 6.01. The molecule has 3 nitrogen and oxygen atoms in total. The smallest absolute Gasteiger partial charge is 0.119 e. The van der Waals surface area contributed by atoms with Crippen molar-refractivity contribution in [1.82, 2.24) is 5.32 Å². The van der Waals surface area contributed by atoms with E-state index in [0.717, 1.165) is 43.9 Å². The molecule has 0 spiro atoms. The van der Waals surface area contributed by atoms with Gasteiger partial charge < -0.3 is 15.4 Å². The molecule has 3 heteroatoms.